The molecule has 0 aromatic carbocycles. The number of aromatic nitrogens is 2. The van der Waals surface area contributed by atoms with Crippen molar-refractivity contribution in [3.63, 3.8) is 0 Å². The molecule has 0 saturated heterocycles. The first-order chi connectivity index (χ1) is 6.06. The van der Waals surface area contributed by atoms with Crippen LogP contribution in [0.15, 0.2) is 0 Å². The summed E-state index contributed by atoms with van der Waals surface area (Å²) in [5.74, 6) is -0.489. The van der Waals surface area contributed by atoms with E-state index in [1.54, 1.807) is 0 Å². The van der Waals surface area contributed by atoms with Crippen LogP contribution in [0.1, 0.15) is 10.5 Å². The number of hydrogen-bond donors (Lipinski definition) is 3. The summed E-state index contributed by atoms with van der Waals surface area (Å²) in [6.45, 7) is -0.195. The van der Waals surface area contributed by atoms with Gasteiger partial charge >= 0.3 is 0 Å². The van der Waals surface area contributed by atoms with E-state index >= 15 is 0 Å². The van der Waals surface area contributed by atoms with Gasteiger partial charge in [-0.25, -0.2) is 9.97 Å². The van der Waals surface area contributed by atoms with Crippen LogP contribution in [0, 0.1) is 0 Å². The predicted octanol–water partition coefficient (Wildman–Crippen LogP) is -0.564. The van der Waals surface area contributed by atoms with E-state index in [1.807, 2.05) is 0 Å². The number of carbonyl (C=O) groups excluding carboxylic acids is 1. The molecule has 0 unspecified atom stereocenters. The van der Waals surface area contributed by atoms with Gasteiger partial charge in [0.05, 0.1) is 6.54 Å². The highest BCUT2D eigenvalue weighted by Crippen LogP contribution is 2.17. The van der Waals surface area contributed by atoms with Gasteiger partial charge in [-0.05, 0) is 0 Å². The van der Waals surface area contributed by atoms with Crippen LogP contribution in [0.5, 0.6) is 0 Å². The maximum Gasteiger partial charge on any atom is 0.198 e. The molecule has 0 radical (unpaired) electrons. The zero-order valence-electron chi connectivity index (χ0n) is 6.62. The number of nitrogen functional groups attached to an aromatic ring is 2. The summed E-state index contributed by atoms with van der Waals surface area (Å²) < 4.78 is 0. The fourth-order valence-corrected chi connectivity index (χ4v) is 0.870. The molecule has 1 rings (SSSR count). The SMILES string of the molecule is NCC(=O)c1nc(Cl)c(N)nc1N. The molecule has 0 aliphatic rings. The molecule has 0 spiro atoms. The molecule has 7 heteroatoms. The minimum Gasteiger partial charge on any atom is -0.382 e. The van der Waals surface area contributed by atoms with Gasteiger partial charge in [0.15, 0.2) is 28.3 Å². The molecule has 0 amide bonds. The van der Waals surface area contributed by atoms with Crippen molar-refractivity contribution >= 4 is 29.0 Å². The normalized spacial score (nSPS) is 10.0. The average Bonchev–Trinajstić information content (AvgIpc) is 2.10. The minimum atomic E-state index is -0.424. The summed E-state index contributed by atoms with van der Waals surface area (Å²) >= 11 is 5.54. The Labute approximate surface area is 79.1 Å². The lowest BCUT2D eigenvalue weighted by molar-refractivity contribution is 0.0997. The maximum absolute atomic E-state index is 11.1. The summed E-state index contributed by atoms with van der Waals surface area (Å²) in [5, 5.41) is -0.0500. The third-order valence-corrected chi connectivity index (χ3v) is 1.63. The minimum absolute atomic E-state index is 0.00672. The molecular formula is C6H8ClN5O. The average molecular weight is 202 g/mol. The topological polar surface area (TPSA) is 121 Å². The number of rotatable bonds is 2. The fourth-order valence-electron chi connectivity index (χ4n) is 0.743. The van der Waals surface area contributed by atoms with E-state index in [0.717, 1.165) is 0 Å². The van der Waals surface area contributed by atoms with Crippen molar-refractivity contribution in [2.24, 2.45) is 5.73 Å². The third-order valence-electron chi connectivity index (χ3n) is 1.35. The number of ketones is 1. The number of carbonyl (C=O) groups is 1. The Balaban J connectivity index is 3.23. The smallest absolute Gasteiger partial charge is 0.198 e. The van der Waals surface area contributed by atoms with E-state index in [4.69, 9.17) is 28.8 Å². The fraction of sp³-hybridized carbons (Fsp3) is 0.167. The lowest BCUT2D eigenvalue weighted by atomic mass is 10.3. The van der Waals surface area contributed by atoms with Crippen LogP contribution in [0.3, 0.4) is 0 Å². The second-order valence-electron chi connectivity index (χ2n) is 2.26. The highest BCUT2D eigenvalue weighted by Gasteiger charge is 2.13. The van der Waals surface area contributed by atoms with E-state index in [0.29, 0.717) is 0 Å². The molecule has 0 aliphatic heterocycles. The number of halogens is 1. The summed E-state index contributed by atoms with van der Waals surface area (Å²) in [6, 6.07) is 0. The van der Waals surface area contributed by atoms with Crippen molar-refractivity contribution in [1.82, 2.24) is 9.97 Å². The Bertz CT molecular complexity index is 353. The Hall–Kier alpha value is -1.40. The van der Waals surface area contributed by atoms with Crippen molar-refractivity contribution in [2.75, 3.05) is 18.0 Å². The van der Waals surface area contributed by atoms with E-state index < -0.39 is 5.78 Å². The maximum atomic E-state index is 11.1. The van der Waals surface area contributed by atoms with Gasteiger partial charge in [0, 0.05) is 0 Å². The molecule has 70 valence electrons. The molecule has 0 aliphatic carbocycles. The van der Waals surface area contributed by atoms with Crippen LogP contribution in [-0.4, -0.2) is 22.3 Å². The first kappa shape index (κ1) is 9.69. The number of anilines is 2. The van der Waals surface area contributed by atoms with Crippen LogP contribution in [0.25, 0.3) is 0 Å². The monoisotopic (exact) mass is 201 g/mol. The lowest BCUT2D eigenvalue weighted by Gasteiger charge is -2.03. The van der Waals surface area contributed by atoms with Crippen LogP contribution < -0.4 is 17.2 Å². The zero-order chi connectivity index (χ0) is 10.0. The molecule has 0 atom stereocenters. The van der Waals surface area contributed by atoms with Crippen LogP contribution in [-0.2, 0) is 0 Å². The van der Waals surface area contributed by atoms with Crippen molar-refractivity contribution in [1.29, 1.82) is 0 Å². The van der Waals surface area contributed by atoms with Crippen LogP contribution in [0.2, 0.25) is 5.15 Å². The van der Waals surface area contributed by atoms with E-state index in [1.165, 1.54) is 0 Å². The highest BCUT2D eigenvalue weighted by atomic mass is 35.5. The first-order valence-electron chi connectivity index (χ1n) is 3.38. The van der Waals surface area contributed by atoms with Crippen LogP contribution in [0.4, 0.5) is 11.6 Å². The molecule has 0 saturated carbocycles. The van der Waals surface area contributed by atoms with Gasteiger partial charge in [0.1, 0.15) is 0 Å². The van der Waals surface area contributed by atoms with Crippen molar-refractivity contribution in [3.8, 4) is 0 Å². The molecule has 0 fully saturated rings. The molecule has 1 aromatic heterocycles. The largest absolute Gasteiger partial charge is 0.382 e. The standard InChI is InChI=1S/C6H8ClN5O/c7-4-6(10)12-5(9)3(11-4)2(13)1-8/h1,8H2,(H4,9,10,12). The molecule has 6 N–H and O–H groups in total. The quantitative estimate of drug-likeness (QED) is 0.552. The summed E-state index contributed by atoms with van der Waals surface area (Å²) in [7, 11) is 0. The van der Waals surface area contributed by atoms with Gasteiger partial charge in [-0.2, -0.15) is 0 Å². The van der Waals surface area contributed by atoms with Crippen molar-refractivity contribution in [3.05, 3.63) is 10.8 Å². The Morgan fingerprint density at radius 2 is 1.92 bits per heavy atom. The lowest BCUT2D eigenvalue weighted by Crippen LogP contribution is -2.18. The van der Waals surface area contributed by atoms with Gasteiger partial charge in [-0.15, -0.1) is 0 Å². The van der Waals surface area contributed by atoms with Crippen molar-refractivity contribution in [2.45, 2.75) is 0 Å². The van der Waals surface area contributed by atoms with Gasteiger partial charge in [-0.1, -0.05) is 11.6 Å². The predicted molar refractivity (Wildman–Crippen MR) is 49.3 cm³/mol. The van der Waals surface area contributed by atoms with Gasteiger partial charge in [0.25, 0.3) is 0 Å². The second kappa shape index (κ2) is 3.55. The molecule has 13 heavy (non-hydrogen) atoms. The van der Waals surface area contributed by atoms with Gasteiger partial charge in [0.2, 0.25) is 0 Å². The molecule has 0 bridgehead atoms. The Morgan fingerprint density at radius 1 is 1.31 bits per heavy atom. The molecule has 6 nitrogen and oxygen atoms in total. The van der Waals surface area contributed by atoms with Gasteiger partial charge < -0.3 is 17.2 Å². The summed E-state index contributed by atoms with van der Waals surface area (Å²) in [5.41, 5.74) is 15.8. The zero-order valence-corrected chi connectivity index (χ0v) is 7.38. The summed E-state index contributed by atoms with van der Waals surface area (Å²) in [4.78, 5) is 18.4. The highest BCUT2D eigenvalue weighted by molar-refractivity contribution is 6.31. The van der Waals surface area contributed by atoms with E-state index in [-0.39, 0.29) is 29.0 Å². The van der Waals surface area contributed by atoms with E-state index in [9.17, 15) is 4.79 Å². The number of hydrogen-bond acceptors (Lipinski definition) is 6. The summed E-state index contributed by atoms with van der Waals surface area (Å²) in [6.07, 6.45) is 0. The van der Waals surface area contributed by atoms with Crippen LogP contribution >= 0.6 is 11.6 Å². The Morgan fingerprint density at radius 3 is 2.46 bits per heavy atom. The molecule has 1 heterocycles. The number of nitrogens with zero attached hydrogens (tertiary/aromatic N) is 2. The first-order valence-corrected chi connectivity index (χ1v) is 3.75. The van der Waals surface area contributed by atoms with Crippen molar-refractivity contribution < 1.29 is 4.79 Å². The Kier molecular flexibility index (Phi) is 2.64. The molecule has 1 aromatic rings. The molecular weight excluding hydrogens is 194 g/mol. The second-order valence-corrected chi connectivity index (χ2v) is 2.62. The van der Waals surface area contributed by atoms with E-state index in [2.05, 4.69) is 9.97 Å². The van der Waals surface area contributed by atoms with Gasteiger partial charge in [-0.3, -0.25) is 4.79 Å². The number of nitrogens with two attached hydrogens (primary N) is 3. The number of Topliss-reactive ketones (excluding diaryl/α,β-unsaturated/α-hetero) is 1. The third kappa shape index (κ3) is 1.85.